The summed E-state index contributed by atoms with van der Waals surface area (Å²) in [7, 11) is -3.76. The van der Waals surface area contributed by atoms with Crippen molar-refractivity contribution in [2.45, 2.75) is 54.8 Å². The highest BCUT2D eigenvalue weighted by Crippen LogP contribution is 2.43. The summed E-state index contributed by atoms with van der Waals surface area (Å²) in [6, 6.07) is 9.16. The second kappa shape index (κ2) is 12.7. The molecule has 2 unspecified atom stereocenters. The van der Waals surface area contributed by atoms with Gasteiger partial charge in [-0.05, 0) is 92.3 Å². The smallest absolute Gasteiger partial charge is 0.409 e. The first-order chi connectivity index (χ1) is 21.4. The maximum Gasteiger partial charge on any atom is 0.409 e. The van der Waals surface area contributed by atoms with Crippen molar-refractivity contribution in [2.24, 2.45) is 5.73 Å². The summed E-state index contributed by atoms with van der Waals surface area (Å²) in [5.74, 6) is -3.01. The average molecular weight is 643 g/mol. The molecule has 3 amide bonds. The van der Waals surface area contributed by atoms with Crippen LogP contribution in [0.15, 0.2) is 59.5 Å². The van der Waals surface area contributed by atoms with Gasteiger partial charge in [0.05, 0.1) is 28.5 Å². The van der Waals surface area contributed by atoms with Gasteiger partial charge in [0.25, 0.3) is 0 Å². The Balaban J connectivity index is 1.60. The van der Waals surface area contributed by atoms with Crippen molar-refractivity contribution < 1.29 is 41.4 Å². The molecule has 14 heteroatoms. The molecule has 45 heavy (non-hydrogen) atoms. The molecular weight excluding hydrogens is 610 g/mol. The number of ether oxygens (including phenoxy) is 1. The van der Waals surface area contributed by atoms with E-state index in [1.807, 2.05) is 0 Å². The molecule has 2 atom stereocenters. The maximum absolute atomic E-state index is 15.0. The Labute approximate surface area is 258 Å². The quantitative estimate of drug-likeness (QED) is 0.227. The van der Waals surface area contributed by atoms with Crippen molar-refractivity contribution in [2.75, 3.05) is 23.8 Å². The van der Waals surface area contributed by atoms with Crippen LogP contribution in [0, 0.1) is 11.6 Å². The molecule has 1 saturated heterocycles. The van der Waals surface area contributed by atoms with Crippen molar-refractivity contribution in [3.8, 4) is 5.75 Å². The topological polar surface area (TPSA) is 168 Å². The van der Waals surface area contributed by atoms with E-state index in [1.54, 1.807) is 6.92 Å². The number of rotatable bonds is 11. The molecule has 2 fully saturated rings. The summed E-state index contributed by atoms with van der Waals surface area (Å²) >= 11 is 0. The van der Waals surface area contributed by atoms with Gasteiger partial charge in [-0.2, -0.15) is 0 Å². The zero-order chi connectivity index (χ0) is 32.5. The molecular formula is C31H32F2N4O7S. The minimum atomic E-state index is -3.76. The molecule has 1 aliphatic carbocycles. The fourth-order valence-corrected chi connectivity index (χ4v) is 7.44. The Hall–Kier alpha value is -4.72. The maximum atomic E-state index is 15.0. The lowest BCUT2D eigenvalue weighted by Crippen LogP contribution is -2.38. The highest BCUT2D eigenvalue weighted by molar-refractivity contribution is 7.92. The van der Waals surface area contributed by atoms with Gasteiger partial charge in [-0.25, -0.2) is 22.0 Å². The van der Waals surface area contributed by atoms with Crippen molar-refractivity contribution in [1.29, 1.82) is 0 Å². The minimum Gasteiger partial charge on any atom is -0.491 e. The number of halogens is 2. The van der Waals surface area contributed by atoms with Crippen molar-refractivity contribution in [3.05, 3.63) is 82.9 Å². The van der Waals surface area contributed by atoms with Gasteiger partial charge in [-0.15, -0.1) is 0 Å². The summed E-state index contributed by atoms with van der Waals surface area (Å²) in [5, 5.41) is 13.8. The number of nitrogens with one attached hydrogen (secondary N) is 2. The SMILES string of the molecule is CCOc1cc(C(Nc2cc(C(N)=O)ccc2F)C(=O)N2CCCC2c2cc(NC(=O)O)ccc2S(=O)(=O)C2CC2)ccc1F. The number of amides is 3. The van der Waals surface area contributed by atoms with Crippen LogP contribution < -0.4 is 21.1 Å². The number of nitrogens with two attached hydrogens (primary N) is 1. The Morgan fingerprint density at radius 1 is 1.04 bits per heavy atom. The van der Waals surface area contributed by atoms with E-state index >= 15 is 4.39 Å². The average Bonchev–Trinajstić information content (AvgIpc) is 3.75. The molecule has 1 saturated carbocycles. The molecule has 0 aromatic heterocycles. The molecule has 1 aliphatic heterocycles. The van der Waals surface area contributed by atoms with Crippen LogP contribution in [0.1, 0.15) is 66.2 Å². The lowest BCUT2D eigenvalue weighted by Gasteiger charge is -2.31. The van der Waals surface area contributed by atoms with Crippen LogP contribution in [-0.2, 0) is 14.6 Å². The Morgan fingerprint density at radius 2 is 1.78 bits per heavy atom. The summed E-state index contributed by atoms with van der Waals surface area (Å²) in [6.07, 6.45) is 0.505. The predicted molar refractivity (Wildman–Crippen MR) is 161 cm³/mol. The van der Waals surface area contributed by atoms with Gasteiger partial charge in [-0.3, -0.25) is 14.9 Å². The van der Waals surface area contributed by atoms with E-state index in [1.165, 1.54) is 41.3 Å². The van der Waals surface area contributed by atoms with E-state index in [4.69, 9.17) is 10.5 Å². The van der Waals surface area contributed by atoms with Gasteiger partial charge in [0, 0.05) is 17.8 Å². The van der Waals surface area contributed by atoms with Crippen molar-refractivity contribution in [1.82, 2.24) is 4.90 Å². The third kappa shape index (κ3) is 6.70. The van der Waals surface area contributed by atoms with Gasteiger partial charge in [-0.1, -0.05) is 6.07 Å². The van der Waals surface area contributed by atoms with E-state index in [0.29, 0.717) is 25.7 Å². The molecule has 3 aromatic rings. The van der Waals surface area contributed by atoms with Crippen LogP contribution in [0.25, 0.3) is 0 Å². The number of benzene rings is 3. The number of carboxylic acid groups (broad SMARTS) is 1. The largest absolute Gasteiger partial charge is 0.491 e. The second-order valence-corrected chi connectivity index (χ2v) is 13.1. The summed E-state index contributed by atoms with van der Waals surface area (Å²) in [4.78, 5) is 39.1. The van der Waals surface area contributed by atoms with Crippen LogP contribution in [0.4, 0.5) is 25.0 Å². The number of likely N-dealkylation sites (tertiary alicyclic amines) is 1. The number of carbonyl (C=O) groups is 3. The molecule has 5 N–H and O–H groups in total. The molecule has 238 valence electrons. The van der Waals surface area contributed by atoms with Gasteiger partial charge < -0.3 is 25.8 Å². The number of hydrogen-bond donors (Lipinski definition) is 4. The second-order valence-electron chi connectivity index (χ2n) is 10.9. The van der Waals surface area contributed by atoms with Gasteiger partial charge in [0.2, 0.25) is 11.8 Å². The summed E-state index contributed by atoms with van der Waals surface area (Å²) in [6.45, 7) is 1.99. The van der Waals surface area contributed by atoms with Gasteiger partial charge in [0.1, 0.15) is 11.9 Å². The summed E-state index contributed by atoms with van der Waals surface area (Å²) < 4.78 is 61.9. The lowest BCUT2D eigenvalue weighted by molar-refractivity contribution is -0.133. The molecule has 0 spiro atoms. The molecule has 5 rings (SSSR count). The highest BCUT2D eigenvalue weighted by Gasteiger charge is 2.42. The van der Waals surface area contributed by atoms with E-state index in [2.05, 4.69) is 10.6 Å². The fourth-order valence-electron chi connectivity index (χ4n) is 5.54. The van der Waals surface area contributed by atoms with Crippen LogP contribution >= 0.6 is 0 Å². The number of nitrogens with zero attached hydrogens (tertiary/aromatic N) is 1. The normalized spacial score (nSPS) is 17.0. The van der Waals surface area contributed by atoms with E-state index in [0.717, 1.165) is 18.2 Å². The summed E-state index contributed by atoms with van der Waals surface area (Å²) in [5.41, 5.74) is 5.76. The Kier molecular flexibility index (Phi) is 8.96. The number of anilines is 2. The molecule has 3 aromatic carbocycles. The molecule has 2 aliphatic rings. The lowest BCUT2D eigenvalue weighted by atomic mass is 10.0. The fraction of sp³-hybridized carbons (Fsp3) is 0.323. The zero-order valence-electron chi connectivity index (χ0n) is 24.3. The zero-order valence-corrected chi connectivity index (χ0v) is 25.1. The van der Waals surface area contributed by atoms with E-state index < -0.39 is 56.7 Å². The Bertz CT molecular complexity index is 1760. The molecule has 0 bridgehead atoms. The van der Waals surface area contributed by atoms with Crippen LogP contribution in [0.5, 0.6) is 5.75 Å². The monoisotopic (exact) mass is 642 g/mol. The van der Waals surface area contributed by atoms with Crippen molar-refractivity contribution in [3.63, 3.8) is 0 Å². The Morgan fingerprint density at radius 3 is 2.44 bits per heavy atom. The van der Waals surface area contributed by atoms with Crippen LogP contribution in [-0.4, -0.2) is 54.7 Å². The van der Waals surface area contributed by atoms with Gasteiger partial charge in [0.15, 0.2) is 21.4 Å². The highest BCUT2D eigenvalue weighted by atomic mass is 32.2. The van der Waals surface area contributed by atoms with E-state index in [-0.39, 0.29) is 51.9 Å². The van der Waals surface area contributed by atoms with Gasteiger partial charge >= 0.3 is 6.09 Å². The molecule has 1 heterocycles. The number of hydrogen-bond acceptors (Lipinski definition) is 7. The number of primary amides is 1. The standard InChI is InChI=1S/C31H32F2N4O7S/c1-2-44-26-15-17(5-11-23(26)33)28(36-24-14-18(29(34)38)6-10-22(24)32)30(39)37-13-3-4-25(37)21-16-19(35-31(40)41)7-12-27(21)45(42,43)20-8-9-20/h5-7,10-12,14-16,20,25,28,35-36H,2-4,8-9,13H2,1H3,(H2,34,38)(H,40,41). The predicted octanol–water partition coefficient (Wildman–Crippen LogP) is 5.01. The van der Waals surface area contributed by atoms with E-state index in [9.17, 15) is 32.3 Å². The third-order valence-electron chi connectivity index (χ3n) is 7.81. The van der Waals surface area contributed by atoms with Crippen LogP contribution in [0.3, 0.4) is 0 Å². The molecule has 0 radical (unpaired) electrons. The molecule has 11 nitrogen and oxygen atoms in total. The van der Waals surface area contributed by atoms with Crippen molar-refractivity contribution >= 4 is 39.1 Å². The van der Waals surface area contributed by atoms with Crippen LogP contribution in [0.2, 0.25) is 0 Å². The first-order valence-electron chi connectivity index (χ1n) is 14.4. The third-order valence-corrected chi connectivity index (χ3v) is 10.1. The number of carbonyl (C=O) groups excluding carboxylic acids is 2. The first-order valence-corrected chi connectivity index (χ1v) is 15.9. The number of sulfone groups is 1. The first kappa shape index (κ1) is 31.7. The minimum absolute atomic E-state index is 0.00997.